The third kappa shape index (κ3) is 2.56. The fourth-order valence-corrected chi connectivity index (χ4v) is 1.85. The van der Waals surface area contributed by atoms with Crippen molar-refractivity contribution in [1.82, 2.24) is 10.2 Å². The summed E-state index contributed by atoms with van der Waals surface area (Å²) in [6, 6.07) is 1.73. The van der Waals surface area contributed by atoms with E-state index in [9.17, 15) is 4.79 Å². The van der Waals surface area contributed by atoms with Gasteiger partial charge < -0.3 is 10.5 Å². The van der Waals surface area contributed by atoms with Crippen LogP contribution < -0.4 is 5.73 Å². The Bertz CT molecular complexity index is 342. The molecule has 82 valence electrons. The van der Waals surface area contributed by atoms with E-state index in [1.54, 1.807) is 6.07 Å². The minimum absolute atomic E-state index is 0.317. The molecule has 1 fully saturated rings. The molecule has 1 aliphatic heterocycles. The number of carbonyl (C=O) groups excluding carboxylic acids is 1. The smallest absolute Gasteiger partial charge is 0.269 e. The number of rotatable bonds is 3. The summed E-state index contributed by atoms with van der Waals surface area (Å²) in [5.41, 5.74) is 6.42. The predicted octanol–water partition coefficient (Wildman–Crippen LogP) is 0.478. The summed E-state index contributed by atoms with van der Waals surface area (Å²) in [7, 11) is 0. The van der Waals surface area contributed by atoms with Crippen molar-refractivity contribution in [2.75, 3.05) is 13.2 Å². The van der Waals surface area contributed by atoms with Crippen molar-refractivity contribution in [2.45, 2.75) is 19.3 Å². The summed E-state index contributed by atoms with van der Waals surface area (Å²) in [5.74, 6) is 0.143. The van der Waals surface area contributed by atoms with E-state index in [1.165, 1.54) is 0 Å². The number of carbonyl (C=O) groups is 1. The average Bonchev–Trinajstić information content (AvgIpc) is 2.68. The molecule has 3 N–H and O–H groups in total. The van der Waals surface area contributed by atoms with Crippen molar-refractivity contribution in [1.29, 1.82) is 0 Å². The van der Waals surface area contributed by atoms with Crippen LogP contribution in [-0.4, -0.2) is 29.3 Å². The van der Waals surface area contributed by atoms with Gasteiger partial charge in [-0.1, -0.05) is 0 Å². The zero-order chi connectivity index (χ0) is 10.7. The Hall–Kier alpha value is -1.36. The van der Waals surface area contributed by atoms with Crippen LogP contribution in [0.15, 0.2) is 6.07 Å². The van der Waals surface area contributed by atoms with Crippen molar-refractivity contribution in [3.8, 4) is 0 Å². The monoisotopic (exact) mass is 209 g/mol. The van der Waals surface area contributed by atoms with Gasteiger partial charge in [0.05, 0.1) is 0 Å². The number of aromatic nitrogens is 2. The lowest BCUT2D eigenvalue weighted by Gasteiger charge is -2.20. The van der Waals surface area contributed by atoms with Gasteiger partial charge in [0.2, 0.25) is 0 Å². The molecule has 5 heteroatoms. The second-order valence-electron chi connectivity index (χ2n) is 3.90. The molecule has 0 atom stereocenters. The zero-order valence-electron chi connectivity index (χ0n) is 8.53. The highest BCUT2D eigenvalue weighted by atomic mass is 16.5. The van der Waals surface area contributed by atoms with Crippen molar-refractivity contribution in [3.05, 3.63) is 17.5 Å². The highest BCUT2D eigenvalue weighted by Gasteiger charge is 2.16. The van der Waals surface area contributed by atoms with Crippen LogP contribution >= 0.6 is 0 Å². The molecule has 1 amide bonds. The van der Waals surface area contributed by atoms with E-state index in [4.69, 9.17) is 10.5 Å². The van der Waals surface area contributed by atoms with Gasteiger partial charge in [-0.2, -0.15) is 5.10 Å². The van der Waals surface area contributed by atoms with Gasteiger partial charge in [-0.15, -0.1) is 0 Å². The Morgan fingerprint density at radius 2 is 2.33 bits per heavy atom. The SMILES string of the molecule is NC(=O)c1cc(CC2CCOCC2)[nH]n1. The summed E-state index contributed by atoms with van der Waals surface area (Å²) in [5, 5.41) is 6.69. The first kappa shape index (κ1) is 10.2. The molecule has 0 aliphatic carbocycles. The number of amides is 1. The summed E-state index contributed by atoms with van der Waals surface area (Å²) < 4.78 is 5.28. The Labute approximate surface area is 88.0 Å². The van der Waals surface area contributed by atoms with Gasteiger partial charge >= 0.3 is 0 Å². The third-order valence-electron chi connectivity index (χ3n) is 2.73. The molecule has 1 aliphatic rings. The molecular formula is C10H15N3O2. The normalized spacial score (nSPS) is 17.9. The van der Waals surface area contributed by atoms with Gasteiger partial charge in [0.15, 0.2) is 0 Å². The van der Waals surface area contributed by atoms with Crippen LogP contribution in [0.3, 0.4) is 0 Å². The lowest BCUT2D eigenvalue weighted by molar-refractivity contribution is 0.0662. The molecule has 1 saturated heterocycles. The van der Waals surface area contributed by atoms with E-state index < -0.39 is 5.91 Å². The summed E-state index contributed by atoms with van der Waals surface area (Å²) in [6.45, 7) is 1.67. The highest BCUT2D eigenvalue weighted by molar-refractivity contribution is 5.90. The van der Waals surface area contributed by atoms with E-state index in [1.807, 2.05) is 0 Å². The summed E-state index contributed by atoms with van der Waals surface area (Å²) >= 11 is 0. The third-order valence-corrected chi connectivity index (χ3v) is 2.73. The molecule has 1 aromatic heterocycles. The van der Waals surface area contributed by atoms with E-state index in [0.29, 0.717) is 11.6 Å². The van der Waals surface area contributed by atoms with E-state index in [2.05, 4.69) is 10.2 Å². The van der Waals surface area contributed by atoms with Crippen molar-refractivity contribution in [3.63, 3.8) is 0 Å². The Kier molecular flexibility index (Phi) is 3.01. The lowest BCUT2D eigenvalue weighted by Crippen LogP contribution is -2.17. The number of aromatic amines is 1. The molecule has 1 aromatic rings. The molecule has 0 radical (unpaired) electrons. The quantitative estimate of drug-likeness (QED) is 0.759. The number of hydrogen-bond donors (Lipinski definition) is 2. The maximum Gasteiger partial charge on any atom is 0.269 e. The average molecular weight is 209 g/mol. The minimum Gasteiger partial charge on any atom is -0.381 e. The van der Waals surface area contributed by atoms with Gasteiger partial charge in [0, 0.05) is 18.9 Å². The maximum atomic E-state index is 10.8. The molecule has 0 saturated carbocycles. The number of hydrogen-bond acceptors (Lipinski definition) is 3. The fraction of sp³-hybridized carbons (Fsp3) is 0.600. The van der Waals surface area contributed by atoms with Crippen LogP contribution in [0.5, 0.6) is 0 Å². The molecule has 0 spiro atoms. The molecule has 0 aromatic carbocycles. The first-order valence-corrected chi connectivity index (χ1v) is 5.17. The number of nitrogens with two attached hydrogens (primary N) is 1. The van der Waals surface area contributed by atoms with Crippen molar-refractivity contribution in [2.24, 2.45) is 11.7 Å². The topological polar surface area (TPSA) is 81.0 Å². The summed E-state index contributed by atoms with van der Waals surface area (Å²) in [4.78, 5) is 10.8. The number of nitrogens with one attached hydrogen (secondary N) is 1. The Morgan fingerprint density at radius 1 is 1.60 bits per heavy atom. The lowest BCUT2D eigenvalue weighted by atomic mass is 9.95. The predicted molar refractivity (Wildman–Crippen MR) is 54.4 cm³/mol. The van der Waals surface area contributed by atoms with Crippen molar-refractivity contribution < 1.29 is 9.53 Å². The highest BCUT2D eigenvalue weighted by Crippen LogP contribution is 2.19. The van der Waals surface area contributed by atoms with Gasteiger partial charge in [0.1, 0.15) is 5.69 Å². The number of nitrogens with zero attached hydrogens (tertiary/aromatic N) is 1. The van der Waals surface area contributed by atoms with Crippen LogP contribution in [-0.2, 0) is 11.2 Å². The van der Waals surface area contributed by atoms with Crippen LogP contribution in [0.4, 0.5) is 0 Å². The second kappa shape index (κ2) is 4.44. The minimum atomic E-state index is -0.482. The molecule has 0 bridgehead atoms. The molecule has 5 nitrogen and oxygen atoms in total. The van der Waals surface area contributed by atoms with Crippen LogP contribution in [0.1, 0.15) is 29.0 Å². The van der Waals surface area contributed by atoms with Gasteiger partial charge in [-0.25, -0.2) is 0 Å². The van der Waals surface area contributed by atoms with Crippen LogP contribution in [0, 0.1) is 5.92 Å². The number of H-pyrrole nitrogens is 1. The van der Waals surface area contributed by atoms with E-state index in [-0.39, 0.29) is 0 Å². The van der Waals surface area contributed by atoms with Crippen molar-refractivity contribution >= 4 is 5.91 Å². The van der Waals surface area contributed by atoms with Gasteiger partial charge in [0.25, 0.3) is 5.91 Å². The van der Waals surface area contributed by atoms with Gasteiger partial charge in [-0.3, -0.25) is 9.89 Å². The molecule has 15 heavy (non-hydrogen) atoms. The largest absolute Gasteiger partial charge is 0.381 e. The first-order valence-electron chi connectivity index (χ1n) is 5.17. The molecule has 2 heterocycles. The standard InChI is InChI=1S/C10H15N3O2/c11-10(14)9-6-8(12-13-9)5-7-1-3-15-4-2-7/h6-7H,1-5H2,(H2,11,14)(H,12,13). The first-order chi connectivity index (χ1) is 7.25. The van der Waals surface area contributed by atoms with E-state index in [0.717, 1.165) is 38.2 Å². The molecule has 0 unspecified atom stereocenters. The molecule has 2 rings (SSSR count). The Morgan fingerprint density at radius 3 is 2.93 bits per heavy atom. The maximum absolute atomic E-state index is 10.8. The van der Waals surface area contributed by atoms with Gasteiger partial charge in [-0.05, 0) is 31.2 Å². The second-order valence-corrected chi connectivity index (χ2v) is 3.90. The van der Waals surface area contributed by atoms with Crippen LogP contribution in [0.25, 0.3) is 0 Å². The van der Waals surface area contributed by atoms with E-state index >= 15 is 0 Å². The Balaban J connectivity index is 1.94. The zero-order valence-corrected chi connectivity index (χ0v) is 8.53. The molecular weight excluding hydrogens is 194 g/mol. The number of primary amides is 1. The number of ether oxygens (including phenoxy) is 1. The van der Waals surface area contributed by atoms with Crippen LogP contribution in [0.2, 0.25) is 0 Å². The summed E-state index contributed by atoms with van der Waals surface area (Å²) in [6.07, 6.45) is 3.07. The fourth-order valence-electron chi connectivity index (χ4n) is 1.85.